The van der Waals surface area contributed by atoms with Gasteiger partial charge in [-0.1, -0.05) is 0 Å². The van der Waals surface area contributed by atoms with Crippen LogP contribution in [0.15, 0.2) is 4.36 Å². The van der Waals surface area contributed by atoms with Crippen molar-refractivity contribution < 1.29 is 9.00 Å². The van der Waals surface area contributed by atoms with Gasteiger partial charge in [-0.15, -0.1) is 0 Å². The van der Waals surface area contributed by atoms with E-state index < -0.39 is 15.6 Å². The predicted octanol–water partition coefficient (Wildman–Crippen LogP) is 0.596. The Kier molecular flexibility index (Phi) is 3.61. The van der Waals surface area contributed by atoms with Gasteiger partial charge in [0.25, 0.3) is 0 Å². The molecule has 1 amide bonds. The molecule has 0 unspecified atom stereocenters. The average Bonchev–Trinajstić information content (AvgIpc) is 1.59. The number of rotatable bonds is 0. The van der Waals surface area contributed by atoms with Gasteiger partial charge in [-0.3, -0.25) is 4.79 Å². The maximum atomic E-state index is 10.8. The second-order valence-corrected chi connectivity index (χ2v) is 4.74. The monoisotopic (exact) mass is 223 g/mol. The summed E-state index contributed by atoms with van der Waals surface area (Å²) in [7, 11) is -2.34. The minimum atomic E-state index is -2.34. The van der Waals surface area contributed by atoms with Crippen LogP contribution in [0, 0.1) is 10.8 Å². The third-order valence-electron chi connectivity index (χ3n) is 0.457. The molecule has 0 aromatic rings. The number of nitrogens with zero attached hydrogens (tertiary/aromatic N) is 1. The van der Waals surface area contributed by atoms with E-state index in [2.05, 4.69) is 31.0 Å². The van der Waals surface area contributed by atoms with Crippen molar-refractivity contribution in [2.45, 2.75) is 0 Å². The molecule has 0 aromatic carbocycles. The molecule has 0 atom stereocenters. The molecule has 0 heterocycles. The molecule has 0 saturated carbocycles. The van der Waals surface area contributed by atoms with Crippen LogP contribution in [0.1, 0.15) is 0 Å². The summed E-state index contributed by atoms with van der Waals surface area (Å²) in [4.78, 5) is 12.7. The van der Waals surface area contributed by atoms with Crippen LogP contribution in [0.5, 0.6) is 0 Å². The molecule has 0 bridgehead atoms. The molecule has 0 aliphatic heterocycles. The largest absolute Gasteiger partial charge is 0.330 e. The van der Waals surface area contributed by atoms with Gasteiger partial charge < -0.3 is 0 Å². The highest BCUT2D eigenvalue weighted by Crippen LogP contribution is 1.84. The SMILES string of the molecule is CS(C)(=O)=NC(=O)C#CBr. The lowest BCUT2D eigenvalue weighted by Gasteiger charge is -1.86. The molecule has 0 aliphatic carbocycles. The molecule has 0 N–H and O–H groups in total. The van der Waals surface area contributed by atoms with Gasteiger partial charge in [-0.2, -0.15) is 4.36 Å². The molecule has 0 saturated heterocycles. The highest BCUT2D eigenvalue weighted by Gasteiger charge is 1.94. The molecule has 5 heteroatoms. The molecule has 3 nitrogen and oxygen atoms in total. The third kappa shape index (κ3) is 5.79. The molecule has 0 spiro atoms. The first-order valence-electron chi connectivity index (χ1n) is 2.28. The Morgan fingerprint density at radius 1 is 1.60 bits per heavy atom. The molecule has 0 radical (unpaired) electrons. The quantitative estimate of drug-likeness (QED) is 0.565. The van der Waals surface area contributed by atoms with Gasteiger partial charge in [0, 0.05) is 44.1 Å². The fraction of sp³-hybridized carbons (Fsp3) is 0.400. The van der Waals surface area contributed by atoms with E-state index in [0.29, 0.717) is 0 Å². The normalized spacial score (nSPS) is 9.50. The molecule has 10 heavy (non-hydrogen) atoms. The maximum absolute atomic E-state index is 10.8. The highest BCUT2D eigenvalue weighted by atomic mass is 79.9. The van der Waals surface area contributed by atoms with Crippen molar-refractivity contribution in [3.8, 4) is 10.8 Å². The van der Waals surface area contributed by atoms with E-state index >= 15 is 0 Å². The van der Waals surface area contributed by atoms with Crippen LogP contribution in [-0.2, 0) is 14.5 Å². The number of amides is 1. The van der Waals surface area contributed by atoms with Gasteiger partial charge in [0.15, 0.2) is 0 Å². The molecule has 0 rings (SSSR count). The average molecular weight is 224 g/mol. The Morgan fingerprint density at radius 2 is 2.10 bits per heavy atom. The Hall–Kier alpha value is -0.340. The van der Waals surface area contributed by atoms with Crippen molar-refractivity contribution in [3.63, 3.8) is 0 Å². The zero-order chi connectivity index (χ0) is 8.20. The van der Waals surface area contributed by atoms with Crippen molar-refractivity contribution in [2.75, 3.05) is 12.5 Å². The Morgan fingerprint density at radius 3 is 2.40 bits per heavy atom. The van der Waals surface area contributed by atoms with E-state index in [1.54, 1.807) is 0 Å². The highest BCUT2D eigenvalue weighted by molar-refractivity contribution is 9.12. The Balaban J connectivity index is 4.57. The van der Waals surface area contributed by atoms with Crippen LogP contribution in [-0.4, -0.2) is 22.6 Å². The zero-order valence-electron chi connectivity index (χ0n) is 5.55. The molecular weight excluding hydrogens is 218 g/mol. The second-order valence-electron chi connectivity index (χ2n) is 1.80. The maximum Gasteiger partial charge on any atom is 0.330 e. The van der Waals surface area contributed by atoms with Crippen molar-refractivity contribution in [3.05, 3.63) is 0 Å². The number of hydrogen-bond donors (Lipinski definition) is 0. The molecule has 0 aromatic heterocycles. The van der Waals surface area contributed by atoms with Crippen molar-refractivity contribution in [1.82, 2.24) is 0 Å². The third-order valence-corrected chi connectivity index (χ3v) is 1.26. The van der Waals surface area contributed by atoms with Gasteiger partial charge in [0.1, 0.15) is 0 Å². The van der Waals surface area contributed by atoms with E-state index in [9.17, 15) is 9.00 Å². The number of carbonyl (C=O) groups excluding carboxylic acids is 1. The summed E-state index contributed by atoms with van der Waals surface area (Å²) in [5, 5.41) is 0. The zero-order valence-corrected chi connectivity index (χ0v) is 7.95. The topological polar surface area (TPSA) is 46.5 Å². The Bertz CT molecular complexity index is 295. The summed E-state index contributed by atoms with van der Waals surface area (Å²) in [5.74, 6) is 1.42. The lowest BCUT2D eigenvalue weighted by Crippen LogP contribution is -1.96. The first-order valence-corrected chi connectivity index (χ1v) is 5.41. The fourth-order valence-electron chi connectivity index (χ4n) is 0.263. The molecule has 0 aliphatic rings. The van der Waals surface area contributed by atoms with Gasteiger partial charge in [0.05, 0.1) is 0 Å². The van der Waals surface area contributed by atoms with E-state index in [4.69, 9.17) is 0 Å². The summed E-state index contributed by atoms with van der Waals surface area (Å²) < 4.78 is 14.1. The summed E-state index contributed by atoms with van der Waals surface area (Å²) in [6, 6.07) is 0. The summed E-state index contributed by atoms with van der Waals surface area (Å²) in [6.07, 6.45) is 2.75. The van der Waals surface area contributed by atoms with Crippen molar-refractivity contribution >= 4 is 31.6 Å². The number of carbonyl (C=O) groups is 1. The fourth-order valence-corrected chi connectivity index (χ4v) is 0.877. The number of halogens is 1. The first-order chi connectivity index (χ1) is 4.45. The van der Waals surface area contributed by atoms with Gasteiger partial charge >= 0.3 is 5.91 Å². The predicted molar refractivity (Wildman–Crippen MR) is 44.1 cm³/mol. The lowest BCUT2D eigenvalue weighted by molar-refractivity contribution is -0.112. The van der Waals surface area contributed by atoms with E-state index in [1.807, 2.05) is 0 Å². The van der Waals surface area contributed by atoms with E-state index in [0.717, 1.165) is 0 Å². The van der Waals surface area contributed by atoms with Gasteiger partial charge in [-0.05, 0) is 4.83 Å². The van der Waals surface area contributed by atoms with Crippen LogP contribution >= 0.6 is 15.9 Å². The van der Waals surface area contributed by atoms with E-state index in [-0.39, 0.29) is 0 Å². The number of hydrogen-bond acceptors (Lipinski definition) is 2. The first kappa shape index (κ1) is 9.66. The standard InChI is InChI=1S/C5H6BrNO2S/c1-10(2,9)7-5(8)3-4-6/h1-2H3. The minimum absolute atomic E-state index is 0.660. The second kappa shape index (κ2) is 3.74. The smallest absolute Gasteiger partial charge is 0.256 e. The summed E-state index contributed by atoms with van der Waals surface area (Å²) >= 11 is 2.72. The molecular formula is C5H6BrNO2S. The van der Waals surface area contributed by atoms with E-state index in [1.165, 1.54) is 12.5 Å². The van der Waals surface area contributed by atoms with Crippen LogP contribution in [0.25, 0.3) is 0 Å². The Labute approximate surface area is 68.5 Å². The van der Waals surface area contributed by atoms with Crippen molar-refractivity contribution in [1.29, 1.82) is 0 Å². The summed E-state index contributed by atoms with van der Waals surface area (Å²) in [5.41, 5.74) is 0. The van der Waals surface area contributed by atoms with Crippen LogP contribution in [0.3, 0.4) is 0 Å². The minimum Gasteiger partial charge on any atom is -0.256 e. The van der Waals surface area contributed by atoms with Crippen LogP contribution in [0.4, 0.5) is 0 Å². The van der Waals surface area contributed by atoms with Crippen LogP contribution in [0.2, 0.25) is 0 Å². The van der Waals surface area contributed by atoms with Gasteiger partial charge in [0.2, 0.25) is 0 Å². The van der Waals surface area contributed by atoms with Gasteiger partial charge in [-0.25, -0.2) is 4.21 Å². The molecule has 56 valence electrons. The summed E-state index contributed by atoms with van der Waals surface area (Å²) in [6.45, 7) is 0. The lowest BCUT2D eigenvalue weighted by atomic mass is 10.7. The van der Waals surface area contributed by atoms with Crippen LogP contribution < -0.4 is 0 Å². The van der Waals surface area contributed by atoms with Crippen molar-refractivity contribution in [2.24, 2.45) is 4.36 Å². The molecule has 0 fully saturated rings.